The van der Waals surface area contributed by atoms with Crippen molar-refractivity contribution in [3.05, 3.63) is 40.6 Å². The third kappa shape index (κ3) is 4.08. The zero-order valence-corrected chi connectivity index (χ0v) is 18.7. The summed E-state index contributed by atoms with van der Waals surface area (Å²) < 4.78 is 14.6. The molecule has 0 saturated carbocycles. The second-order valence-corrected chi connectivity index (χ2v) is 9.23. The Kier molecular flexibility index (Phi) is 5.36. The van der Waals surface area contributed by atoms with Gasteiger partial charge in [-0.25, -0.2) is 14.2 Å². The van der Waals surface area contributed by atoms with Gasteiger partial charge in [0.1, 0.15) is 5.60 Å². The van der Waals surface area contributed by atoms with Gasteiger partial charge in [-0.3, -0.25) is 4.57 Å². The van der Waals surface area contributed by atoms with Crippen molar-refractivity contribution in [3.63, 3.8) is 0 Å². The van der Waals surface area contributed by atoms with Crippen LogP contribution in [0.3, 0.4) is 0 Å². The molecule has 166 valence electrons. The number of piperidine rings is 1. The van der Waals surface area contributed by atoms with Crippen LogP contribution in [0.5, 0.6) is 0 Å². The smallest absolute Gasteiger partial charge is 0.410 e. The third-order valence-corrected chi connectivity index (χ3v) is 5.41. The first-order chi connectivity index (χ1) is 14.7. The molecule has 0 spiro atoms. The maximum absolute atomic E-state index is 13.1. The zero-order valence-electron chi connectivity index (χ0n) is 18.7. The van der Waals surface area contributed by atoms with Crippen LogP contribution in [0, 0.1) is 0 Å². The van der Waals surface area contributed by atoms with Crippen LogP contribution in [0.25, 0.3) is 17.0 Å². The molecule has 1 aliphatic rings. The summed E-state index contributed by atoms with van der Waals surface area (Å²) in [7, 11) is 0. The second kappa shape index (κ2) is 7.86. The summed E-state index contributed by atoms with van der Waals surface area (Å²) in [6.45, 7) is 10.6. The van der Waals surface area contributed by atoms with Crippen molar-refractivity contribution < 1.29 is 13.9 Å². The van der Waals surface area contributed by atoms with Gasteiger partial charge in [-0.1, -0.05) is 17.2 Å². The minimum atomic E-state index is -0.516. The van der Waals surface area contributed by atoms with Crippen LogP contribution < -0.4 is 5.69 Å². The predicted molar refractivity (Wildman–Crippen MR) is 116 cm³/mol. The number of carbonyl (C=O) groups excluding carboxylic acids is 1. The molecule has 0 bridgehead atoms. The lowest BCUT2D eigenvalue weighted by atomic mass is 9.97. The summed E-state index contributed by atoms with van der Waals surface area (Å²) >= 11 is 0. The van der Waals surface area contributed by atoms with Crippen LogP contribution in [-0.2, 0) is 4.74 Å². The lowest BCUT2D eigenvalue weighted by molar-refractivity contribution is 0.0199. The number of nitrogens with zero attached hydrogens (tertiary/aromatic N) is 5. The van der Waals surface area contributed by atoms with Gasteiger partial charge < -0.3 is 14.1 Å². The number of likely N-dealkylation sites (tertiary alicyclic amines) is 1. The van der Waals surface area contributed by atoms with Gasteiger partial charge in [0, 0.05) is 25.0 Å². The average Bonchev–Trinajstić information content (AvgIpc) is 3.28. The predicted octanol–water partition coefficient (Wildman–Crippen LogP) is 3.87. The number of rotatable bonds is 3. The van der Waals surface area contributed by atoms with Crippen LogP contribution >= 0.6 is 0 Å². The Bertz CT molecular complexity index is 1140. The number of amides is 1. The van der Waals surface area contributed by atoms with Gasteiger partial charge >= 0.3 is 17.8 Å². The molecule has 1 saturated heterocycles. The van der Waals surface area contributed by atoms with Crippen molar-refractivity contribution in [3.8, 4) is 6.01 Å². The van der Waals surface area contributed by atoms with Gasteiger partial charge in [0.05, 0.1) is 11.0 Å². The lowest BCUT2D eigenvalue weighted by Crippen LogP contribution is -2.41. The summed E-state index contributed by atoms with van der Waals surface area (Å²) in [6.07, 6.45) is 1.10. The minimum absolute atomic E-state index is 0.00164. The van der Waals surface area contributed by atoms with Crippen molar-refractivity contribution in [2.24, 2.45) is 0 Å². The van der Waals surface area contributed by atoms with E-state index in [1.165, 1.54) is 4.57 Å². The second-order valence-electron chi connectivity index (χ2n) is 9.23. The van der Waals surface area contributed by atoms with Crippen molar-refractivity contribution in [2.75, 3.05) is 13.1 Å². The number of hydrogen-bond donors (Lipinski definition) is 0. The number of ether oxygens (including phenoxy) is 1. The molecule has 3 aromatic rings. The summed E-state index contributed by atoms with van der Waals surface area (Å²) in [5.74, 6) is 0.529. The molecule has 3 heterocycles. The first-order valence-corrected chi connectivity index (χ1v) is 10.7. The number of aromatic nitrogens is 4. The van der Waals surface area contributed by atoms with E-state index in [9.17, 15) is 9.59 Å². The van der Waals surface area contributed by atoms with Gasteiger partial charge in [-0.15, -0.1) is 5.10 Å². The number of carbonyl (C=O) groups is 1. The Morgan fingerprint density at radius 3 is 2.39 bits per heavy atom. The molecule has 4 rings (SSSR count). The number of para-hydroxylation sites is 2. The Labute approximate surface area is 180 Å². The molecule has 1 fully saturated rings. The maximum atomic E-state index is 13.1. The highest BCUT2D eigenvalue weighted by Gasteiger charge is 2.30. The van der Waals surface area contributed by atoms with E-state index in [0.717, 1.165) is 11.0 Å². The quantitative estimate of drug-likeness (QED) is 0.630. The molecule has 1 aromatic carbocycles. The molecule has 1 aliphatic heterocycles. The Balaban J connectivity index is 1.55. The minimum Gasteiger partial charge on any atom is -0.444 e. The summed E-state index contributed by atoms with van der Waals surface area (Å²) in [6, 6.07) is 7.74. The Hall–Kier alpha value is -3.10. The van der Waals surface area contributed by atoms with E-state index in [0.29, 0.717) is 31.8 Å². The van der Waals surface area contributed by atoms with E-state index in [4.69, 9.17) is 9.15 Å². The van der Waals surface area contributed by atoms with Crippen LogP contribution in [0.2, 0.25) is 0 Å². The monoisotopic (exact) mass is 427 g/mol. The highest BCUT2D eigenvalue weighted by molar-refractivity contribution is 5.77. The van der Waals surface area contributed by atoms with E-state index in [1.54, 1.807) is 9.47 Å². The average molecular weight is 428 g/mol. The van der Waals surface area contributed by atoms with Gasteiger partial charge in [-0.05, 0) is 59.6 Å². The van der Waals surface area contributed by atoms with Crippen molar-refractivity contribution in [2.45, 2.75) is 65.0 Å². The molecule has 2 aromatic heterocycles. The first-order valence-electron chi connectivity index (χ1n) is 10.7. The number of benzene rings is 1. The normalized spacial score (nSPS) is 15.7. The van der Waals surface area contributed by atoms with Gasteiger partial charge in [0.2, 0.25) is 5.89 Å². The van der Waals surface area contributed by atoms with Gasteiger partial charge in [0.15, 0.2) is 0 Å². The highest BCUT2D eigenvalue weighted by atomic mass is 16.6. The molecule has 0 radical (unpaired) electrons. The number of imidazole rings is 1. The molecule has 0 atom stereocenters. The van der Waals surface area contributed by atoms with E-state index in [1.807, 2.05) is 58.9 Å². The van der Waals surface area contributed by atoms with Gasteiger partial charge in [0.25, 0.3) is 0 Å². The standard InChI is InChI=1S/C22H29N5O4/c1-14(2)26-16-8-6-7-9-17(16)27(20(26)28)19-24-23-18(30-19)15-10-12-25(13-11-15)21(29)31-22(3,4)5/h6-9,14-15H,10-13H2,1-5H3. The van der Waals surface area contributed by atoms with E-state index in [2.05, 4.69) is 10.2 Å². The summed E-state index contributed by atoms with van der Waals surface area (Å²) in [4.78, 5) is 27.1. The molecule has 0 aliphatic carbocycles. The van der Waals surface area contributed by atoms with Crippen LogP contribution in [-0.4, -0.2) is 49.0 Å². The largest absolute Gasteiger partial charge is 0.444 e. The molecule has 31 heavy (non-hydrogen) atoms. The Morgan fingerprint density at radius 2 is 1.77 bits per heavy atom. The van der Waals surface area contributed by atoms with Gasteiger partial charge in [-0.2, -0.15) is 0 Å². The van der Waals surface area contributed by atoms with Crippen LogP contribution in [0.15, 0.2) is 33.5 Å². The van der Waals surface area contributed by atoms with Crippen molar-refractivity contribution in [1.29, 1.82) is 0 Å². The zero-order chi connectivity index (χ0) is 22.3. The Morgan fingerprint density at radius 1 is 1.13 bits per heavy atom. The maximum Gasteiger partial charge on any atom is 0.410 e. The SMILES string of the molecule is CC(C)n1c(=O)n(-c2nnc(C3CCN(C(=O)OC(C)(C)C)CC3)o2)c2ccccc21. The summed E-state index contributed by atoms with van der Waals surface area (Å²) in [5.41, 5.74) is 0.841. The number of fused-ring (bicyclic) bond motifs is 1. The molecular formula is C22H29N5O4. The first kappa shape index (κ1) is 21.1. The molecule has 0 unspecified atom stereocenters. The van der Waals surface area contributed by atoms with E-state index < -0.39 is 5.60 Å². The molecule has 1 amide bonds. The fourth-order valence-corrected chi connectivity index (χ4v) is 3.97. The molecule has 9 nitrogen and oxygen atoms in total. The topological polar surface area (TPSA) is 95.4 Å². The van der Waals surface area contributed by atoms with Crippen molar-refractivity contribution in [1.82, 2.24) is 24.2 Å². The fraction of sp³-hybridized carbons (Fsp3) is 0.545. The molecular weight excluding hydrogens is 398 g/mol. The third-order valence-electron chi connectivity index (χ3n) is 5.41. The number of hydrogen-bond acceptors (Lipinski definition) is 6. The molecule has 9 heteroatoms. The highest BCUT2D eigenvalue weighted by Crippen LogP contribution is 2.29. The molecule has 0 N–H and O–H groups in total. The fourth-order valence-electron chi connectivity index (χ4n) is 3.97. The lowest BCUT2D eigenvalue weighted by Gasteiger charge is -2.32. The van der Waals surface area contributed by atoms with E-state index >= 15 is 0 Å². The van der Waals surface area contributed by atoms with Crippen LogP contribution in [0.1, 0.15) is 65.3 Å². The van der Waals surface area contributed by atoms with Crippen molar-refractivity contribution >= 4 is 17.1 Å². The van der Waals surface area contributed by atoms with Crippen LogP contribution in [0.4, 0.5) is 4.79 Å². The summed E-state index contributed by atoms with van der Waals surface area (Å²) in [5, 5.41) is 8.40. The van der Waals surface area contributed by atoms with E-state index in [-0.39, 0.29) is 29.8 Å².